The van der Waals surface area contributed by atoms with Crippen LogP contribution in [-0.2, 0) is 16.0 Å². The molecule has 1 rings (SSSR count). The summed E-state index contributed by atoms with van der Waals surface area (Å²) in [6.45, 7) is 1.37. The first-order valence-corrected chi connectivity index (χ1v) is 5.88. The highest BCUT2D eigenvalue weighted by Crippen LogP contribution is 2.09. The number of rotatable bonds is 4. The van der Waals surface area contributed by atoms with Crippen molar-refractivity contribution < 1.29 is 9.59 Å². The Hall–Kier alpha value is -1.11. The molecule has 1 aromatic carbocycles. The highest BCUT2D eigenvalue weighted by molar-refractivity contribution is 14.1. The molecule has 86 valence electrons. The van der Waals surface area contributed by atoms with E-state index < -0.39 is 11.9 Å². The van der Waals surface area contributed by atoms with E-state index in [1.54, 1.807) is 0 Å². The second-order valence-electron chi connectivity index (χ2n) is 3.49. The highest BCUT2D eigenvalue weighted by atomic mass is 127. The van der Waals surface area contributed by atoms with Crippen LogP contribution in [0.1, 0.15) is 12.5 Å². The average molecular weight is 332 g/mol. The minimum Gasteiger partial charge on any atom is -0.368 e. The van der Waals surface area contributed by atoms with Crippen LogP contribution in [0.3, 0.4) is 0 Å². The minimum absolute atomic E-state index is 0.255. The van der Waals surface area contributed by atoms with Gasteiger partial charge in [-0.25, -0.2) is 0 Å². The zero-order valence-corrected chi connectivity index (χ0v) is 11.0. The van der Waals surface area contributed by atoms with E-state index in [1.165, 1.54) is 6.92 Å². The number of carbonyl (C=O) groups is 2. The predicted molar refractivity (Wildman–Crippen MR) is 69.7 cm³/mol. The molecule has 4 nitrogen and oxygen atoms in total. The standard InChI is InChI=1S/C11H13IN2O2/c1-7(15)14-10(11(13)16)6-8-3-2-4-9(12)5-8/h2-5,10H,6H2,1H3,(H2,13,16)(H,14,15)/t10-/m0/s1. The van der Waals surface area contributed by atoms with Crippen LogP contribution in [0.5, 0.6) is 0 Å². The van der Waals surface area contributed by atoms with E-state index in [-0.39, 0.29) is 5.91 Å². The molecule has 2 amide bonds. The van der Waals surface area contributed by atoms with Crippen molar-refractivity contribution >= 4 is 34.4 Å². The van der Waals surface area contributed by atoms with Crippen LogP contribution in [0, 0.1) is 3.57 Å². The maximum atomic E-state index is 11.1. The van der Waals surface area contributed by atoms with E-state index >= 15 is 0 Å². The topological polar surface area (TPSA) is 72.2 Å². The van der Waals surface area contributed by atoms with Crippen molar-refractivity contribution in [3.63, 3.8) is 0 Å². The number of hydrogen-bond acceptors (Lipinski definition) is 2. The second kappa shape index (κ2) is 5.83. The Labute approximate surface area is 108 Å². The molecule has 0 aliphatic rings. The van der Waals surface area contributed by atoms with Gasteiger partial charge in [-0.2, -0.15) is 0 Å². The predicted octanol–water partition coefficient (Wildman–Crippen LogP) is 0.824. The molecular formula is C11H13IN2O2. The summed E-state index contributed by atoms with van der Waals surface area (Å²) in [5.74, 6) is -0.775. The number of hydrogen-bond donors (Lipinski definition) is 2. The maximum Gasteiger partial charge on any atom is 0.240 e. The number of halogens is 1. The summed E-state index contributed by atoms with van der Waals surface area (Å²) in [6, 6.07) is 7.08. The Balaban J connectivity index is 2.75. The third kappa shape index (κ3) is 4.18. The quantitative estimate of drug-likeness (QED) is 0.802. The van der Waals surface area contributed by atoms with Gasteiger partial charge in [-0.15, -0.1) is 0 Å². The fourth-order valence-electron chi connectivity index (χ4n) is 1.37. The lowest BCUT2D eigenvalue weighted by Crippen LogP contribution is -2.44. The number of benzene rings is 1. The summed E-state index contributed by atoms with van der Waals surface area (Å²) < 4.78 is 1.08. The van der Waals surface area contributed by atoms with E-state index in [9.17, 15) is 9.59 Å². The first-order chi connectivity index (χ1) is 7.49. The van der Waals surface area contributed by atoms with Gasteiger partial charge in [0.2, 0.25) is 11.8 Å². The molecule has 0 fully saturated rings. The third-order valence-electron chi connectivity index (χ3n) is 2.05. The van der Waals surface area contributed by atoms with Crippen molar-refractivity contribution in [3.8, 4) is 0 Å². The van der Waals surface area contributed by atoms with Crippen LogP contribution in [0.15, 0.2) is 24.3 Å². The molecular weight excluding hydrogens is 319 g/mol. The lowest BCUT2D eigenvalue weighted by atomic mass is 10.1. The van der Waals surface area contributed by atoms with Crippen LogP contribution in [0.4, 0.5) is 0 Å². The Morgan fingerprint density at radius 2 is 2.19 bits per heavy atom. The zero-order chi connectivity index (χ0) is 12.1. The van der Waals surface area contributed by atoms with E-state index in [4.69, 9.17) is 5.73 Å². The summed E-state index contributed by atoms with van der Waals surface area (Å²) in [5.41, 5.74) is 6.19. The smallest absolute Gasteiger partial charge is 0.240 e. The molecule has 0 radical (unpaired) electrons. The highest BCUT2D eigenvalue weighted by Gasteiger charge is 2.16. The lowest BCUT2D eigenvalue weighted by molar-refractivity contribution is -0.126. The van der Waals surface area contributed by atoms with E-state index in [2.05, 4.69) is 27.9 Å². The van der Waals surface area contributed by atoms with E-state index in [0.717, 1.165) is 9.13 Å². The molecule has 0 unspecified atom stereocenters. The van der Waals surface area contributed by atoms with Crippen molar-refractivity contribution in [2.75, 3.05) is 0 Å². The van der Waals surface area contributed by atoms with Gasteiger partial charge in [0.1, 0.15) is 6.04 Å². The SMILES string of the molecule is CC(=O)N[C@@H](Cc1cccc(I)c1)C(N)=O. The zero-order valence-electron chi connectivity index (χ0n) is 8.87. The molecule has 0 aliphatic carbocycles. The van der Waals surface area contributed by atoms with Gasteiger partial charge in [0.25, 0.3) is 0 Å². The van der Waals surface area contributed by atoms with Crippen molar-refractivity contribution in [1.82, 2.24) is 5.32 Å². The molecule has 1 atom stereocenters. The Morgan fingerprint density at radius 3 is 2.69 bits per heavy atom. The number of nitrogens with one attached hydrogen (secondary N) is 1. The normalized spacial score (nSPS) is 11.9. The van der Waals surface area contributed by atoms with Gasteiger partial charge in [0, 0.05) is 16.9 Å². The van der Waals surface area contributed by atoms with Crippen molar-refractivity contribution in [2.24, 2.45) is 5.73 Å². The molecule has 0 saturated carbocycles. The van der Waals surface area contributed by atoms with Crippen LogP contribution in [0.25, 0.3) is 0 Å². The van der Waals surface area contributed by atoms with Gasteiger partial charge >= 0.3 is 0 Å². The number of nitrogens with two attached hydrogens (primary N) is 1. The molecule has 0 aliphatic heterocycles. The average Bonchev–Trinajstić information content (AvgIpc) is 2.15. The Bertz CT molecular complexity index is 407. The summed E-state index contributed by atoms with van der Waals surface area (Å²) >= 11 is 2.19. The molecule has 0 heterocycles. The molecule has 3 N–H and O–H groups in total. The molecule has 0 spiro atoms. The fraction of sp³-hybridized carbons (Fsp3) is 0.273. The van der Waals surface area contributed by atoms with Crippen LogP contribution >= 0.6 is 22.6 Å². The molecule has 0 aromatic heterocycles. The lowest BCUT2D eigenvalue weighted by Gasteiger charge is -2.14. The summed E-state index contributed by atoms with van der Waals surface area (Å²) in [4.78, 5) is 22.0. The Morgan fingerprint density at radius 1 is 1.50 bits per heavy atom. The maximum absolute atomic E-state index is 11.1. The first kappa shape index (κ1) is 13.0. The number of carbonyl (C=O) groups excluding carboxylic acids is 2. The number of amides is 2. The van der Waals surface area contributed by atoms with Crippen LogP contribution in [-0.4, -0.2) is 17.9 Å². The summed E-state index contributed by atoms with van der Waals surface area (Å²) in [5, 5.41) is 2.53. The summed E-state index contributed by atoms with van der Waals surface area (Å²) in [6.07, 6.45) is 0.422. The van der Waals surface area contributed by atoms with Crippen LogP contribution < -0.4 is 11.1 Å². The van der Waals surface area contributed by atoms with Gasteiger partial charge in [0.15, 0.2) is 0 Å². The molecule has 16 heavy (non-hydrogen) atoms. The van der Waals surface area contributed by atoms with Gasteiger partial charge in [0.05, 0.1) is 0 Å². The Kier molecular flexibility index (Phi) is 4.72. The molecule has 5 heteroatoms. The largest absolute Gasteiger partial charge is 0.368 e. The third-order valence-corrected chi connectivity index (χ3v) is 2.72. The number of primary amides is 1. The first-order valence-electron chi connectivity index (χ1n) is 4.80. The van der Waals surface area contributed by atoms with Crippen LogP contribution in [0.2, 0.25) is 0 Å². The minimum atomic E-state index is -0.643. The van der Waals surface area contributed by atoms with E-state index in [0.29, 0.717) is 6.42 Å². The van der Waals surface area contributed by atoms with Gasteiger partial charge < -0.3 is 11.1 Å². The monoisotopic (exact) mass is 332 g/mol. The molecule has 0 saturated heterocycles. The van der Waals surface area contributed by atoms with E-state index in [1.807, 2.05) is 24.3 Å². The van der Waals surface area contributed by atoms with Gasteiger partial charge in [-0.05, 0) is 40.3 Å². The molecule has 0 bridgehead atoms. The van der Waals surface area contributed by atoms with Crippen molar-refractivity contribution in [2.45, 2.75) is 19.4 Å². The fourth-order valence-corrected chi connectivity index (χ4v) is 1.98. The van der Waals surface area contributed by atoms with Crippen molar-refractivity contribution in [1.29, 1.82) is 0 Å². The summed E-state index contributed by atoms with van der Waals surface area (Å²) in [7, 11) is 0. The second-order valence-corrected chi connectivity index (χ2v) is 4.74. The van der Waals surface area contributed by atoms with Gasteiger partial charge in [-0.3, -0.25) is 9.59 Å². The van der Waals surface area contributed by atoms with Gasteiger partial charge in [-0.1, -0.05) is 12.1 Å². The van der Waals surface area contributed by atoms with Crippen molar-refractivity contribution in [3.05, 3.63) is 33.4 Å². The molecule has 1 aromatic rings.